The number of methoxy groups -OCH3 is 1. The molecule has 1 heterocycles. The first-order chi connectivity index (χ1) is 6.19. The van der Waals surface area contributed by atoms with Crippen LogP contribution < -0.4 is 15.6 Å². The minimum Gasteiger partial charge on any atom is -0.481 e. The van der Waals surface area contributed by atoms with E-state index in [0.29, 0.717) is 23.8 Å². The monoisotopic (exact) mass is 183 g/mol. The molecule has 5 heteroatoms. The van der Waals surface area contributed by atoms with Crippen molar-refractivity contribution in [2.24, 2.45) is 0 Å². The summed E-state index contributed by atoms with van der Waals surface area (Å²) in [5, 5.41) is 2.89. The zero-order valence-corrected chi connectivity index (χ0v) is 7.97. The van der Waals surface area contributed by atoms with Gasteiger partial charge in [-0.2, -0.15) is 4.98 Å². The van der Waals surface area contributed by atoms with Gasteiger partial charge in [0.05, 0.1) is 19.2 Å². The molecule has 5 nitrogen and oxygen atoms in total. The average Bonchev–Trinajstić information content (AvgIpc) is 2.11. The fourth-order valence-electron chi connectivity index (χ4n) is 1.01. The van der Waals surface area contributed by atoms with E-state index >= 15 is 0 Å². The smallest absolute Gasteiger partial charge is 0.257 e. The van der Waals surface area contributed by atoms with Gasteiger partial charge in [-0.15, -0.1) is 0 Å². The number of nitrogens with zero attached hydrogens (tertiary/aromatic N) is 1. The lowest BCUT2D eigenvalue weighted by Crippen LogP contribution is -2.19. The summed E-state index contributed by atoms with van der Waals surface area (Å²) in [6, 6.07) is 0. The van der Waals surface area contributed by atoms with Crippen LogP contribution in [0.25, 0.3) is 0 Å². The Hall–Kier alpha value is -1.36. The van der Waals surface area contributed by atoms with Crippen LogP contribution in [0, 0.1) is 6.92 Å². The molecule has 0 spiro atoms. The molecule has 0 bridgehead atoms. The van der Waals surface area contributed by atoms with Gasteiger partial charge in [0.25, 0.3) is 5.56 Å². The lowest BCUT2D eigenvalue weighted by molar-refractivity contribution is 0.389. The van der Waals surface area contributed by atoms with Crippen molar-refractivity contribution in [2.45, 2.75) is 13.5 Å². The second-order valence-electron chi connectivity index (χ2n) is 2.68. The van der Waals surface area contributed by atoms with Crippen molar-refractivity contribution in [2.75, 3.05) is 14.2 Å². The molecule has 13 heavy (non-hydrogen) atoms. The van der Waals surface area contributed by atoms with Crippen LogP contribution in [0.15, 0.2) is 4.79 Å². The van der Waals surface area contributed by atoms with E-state index < -0.39 is 0 Å². The maximum absolute atomic E-state index is 11.3. The molecule has 0 atom stereocenters. The number of rotatable bonds is 3. The molecule has 0 amide bonds. The van der Waals surface area contributed by atoms with Crippen molar-refractivity contribution in [3.8, 4) is 5.88 Å². The van der Waals surface area contributed by atoms with E-state index in [0.717, 1.165) is 0 Å². The van der Waals surface area contributed by atoms with Crippen molar-refractivity contribution < 1.29 is 4.74 Å². The molecule has 1 aromatic heterocycles. The standard InChI is InChI=1S/C8H13N3O2/c1-5-7(12)10-6(4-9-2)11-8(5)13-3/h9H,4H2,1-3H3,(H,10,11,12). The molecule has 0 aliphatic carbocycles. The van der Waals surface area contributed by atoms with E-state index in [1.54, 1.807) is 14.0 Å². The van der Waals surface area contributed by atoms with E-state index in [9.17, 15) is 4.79 Å². The Morgan fingerprint density at radius 1 is 1.62 bits per heavy atom. The van der Waals surface area contributed by atoms with Gasteiger partial charge in [0.1, 0.15) is 5.82 Å². The number of nitrogens with one attached hydrogen (secondary N) is 2. The summed E-state index contributed by atoms with van der Waals surface area (Å²) in [6.07, 6.45) is 0. The second kappa shape index (κ2) is 4.04. The Morgan fingerprint density at radius 2 is 2.31 bits per heavy atom. The van der Waals surface area contributed by atoms with Crippen LogP contribution in [0.5, 0.6) is 5.88 Å². The molecule has 2 N–H and O–H groups in total. The molecule has 0 unspecified atom stereocenters. The molecule has 0 radical (unpaired) electrons. The number of hydrogen-bond donors (Lipinski definition) is 2. The third kappa shape index (κ3) is 2.06. The normalized spacial score (nSPS) is 10.1. The Labute approximate surface area is 76.2 Å². The van der Waals surface area contributed by atoms with Gasteiger partial charge in [0.2, 0.25) is 5.88 Å². The van der Waals surface area contributed by atoms with E-state index in [1.807, 2.05) is 0 Å². The van der Waals surface area contributed by atoms with Crippen molar-refractivity contribution >= 4 is 0 Å². The zero-order valence-electron chi connectivity index (χ0n) is 7.97. The molecule has 1 rings (SSSR count). The first-order valence-electron chi connectivity index (χ1n) is 3.97. The third-order valence-electron chi connectivity index (χ3n) is 1.69. The van der Waals surface area contributed by atoms with Crippen molar-refractivity contribution in [1.29, 1.82) is 0 Å². The maximum Gasteiger partial charge on any atom is 0.257 e. The number of aromatic amines is 1. The molecule has 0 saturated heterocycles. The van der Waals surface area contributed by atoms with Crippen LogP contribution in [-0.2, 0) is 6.54 Å². The van der Waals surface area contributed by atoms with Crippen LogP contribution in [0.2, 0.25) is 0 Å². The Kier molecular flexibility index (Phi) is 3.02. The topological polar surface area (TPSA) is 67.0 Å². The summed E-state index contributed by atoms with van der Waals surface area (Å²) < 4.78 is 4.95. The molecule has 0 aromatic carbocycles. The largest absolute Gasteiger partial charge is 0.481 e. The fraction of sp³-hybridized carbons (Fsp3) is 0.500. The summed E-state index contributed by atoms with van der Waals surface area (Å²) in [4.78, 5) is 18.0. The quantitative estimate of drug-likeness (QED) is 0.681. The van der Waals surface area contributed by atoms with Crippen molar-refractivity contribution in [3.63, 3.8) is 0 Å². The zero-order chi connectivity index (χ0) is 9.84. The van der Waals surface area contributed by atoms with Crippen molar-refractivity contribution in [3.05, 3.63) is 21.7 Å². The number of ether oxygens (including phenoxy) is 1. The van der Waals surface area contributed by atoms with Crippen LogP contribution in [-0.4, -0.2) is 24.1 Å². The molecule has 72 valence electrons. The fourth-order valence-corrected chi connectivity index (χ4v) is 1.01. The van der Waals surface area contributed by atoms with Crippen LogP contribution >= 0.6 is 0 Å². The van der Waals surface area contributed by atoms with Gasteiger partial charge in [0.15, 0.2) is 0 Å². The van der Waals surface area contributed by atoms with E-state index in [4.69, 9.17) is 4.74 Å². The highest BCUT2D eigenvalue weighted by Gasteiger charge is 2.06. The second-order valence-corrected chi connectivity index (χ2v) is 2.68. The highest BCUT2D eigenvalue weighted by Crippen LogP contribution is 2.07. The summed E-state index contributed by atoms with van der Waals surface area (Å²) in [6.45, 7) is 2.19. The highest BCUT2D eigenvalue weighted by molar-refractivity contribution is 5.21. The Bertz CT molecular complexity index is 346. The van der Waals surface area contributed by atoms with Crippen molar-refractivity contribution in [1.82, 2.24) is 15.3 Å². The average molecular weight is 183 g/mol. The number of H-pyrrole nitrogens is 1. The van der Waals surface area contributed by atoms with Gasteiger partial charge in [0, 0.05) is 0 Å². The molecule has 0 aliphatic rings. The first-order valence-corrected chi connectivity index (χ1v) is 3.97. The van der Waals surface area contributed by atoms with Gasteiger partial charge in [-0.1, -0.05) is 0 Å². The summed E-state index contributed by atoms with van der Waals surface area (Å²) >= 11 is 0. The minimum absolute atomic E-state index is 0.155. The number of hydrogen-bond acceptors (Lipinski definition) is 4. The lowest BCUT2D eigenvalue weighted by atomic mass is 10.3. The predicted octanol–water partition coefficient (Wildman–Crippen LogP) is -0.194. The SMILES string of the molecule is CNCc1nc(OC)c(C)c(=O)[nH]1. The Morgan fingerprint density at radius 3 is 2.85 bits per heavy atom. The summed E-state index contributed by atoms with van der Waals surface area (Å²) in [5.41, 5.74) is 0.347. The van der Waals surface area contributed by atoms with Gasteiger partial charge in [-0.3, -0.25) is 4.79 Å². The van der Waals surface area contributed by atoms with Gasteiger partial charge in [-0.25, -0.2) is 0 Å². The van der Waals surface area contributed by atoms with Crippen LogP contribution in [0.1, 0.15) is 11.4 Å². The molecule has 1 aromatic rings. The van der Waals surface area contributed by atoms with Crippen LogP contribution in [0.3, 0.4) is 0 Å². The van der Waals surface area contributed by atoms with E-state index in [1.165, 1.54) is 7.11 Å². The summed E-state index contributed by atoms with van der Waals surface area (Å²) in [5.74, 6) is 0.962. The maximum atomic E-state index is 11.3. The Balaban J connectivity index is 3.14. The lowest BCUT2D eigenvalue weighted by Gasteiger charge is -2.04. The predicted molar refractivity (Wildman–Crippen MR) is 48.9 cm³/mol. The molecule has 0 aliphatic heterocycles. The van der Waals surface area contributed by atoms with Gasteiger partial charge >= 0.3 is 0 Å². The molecular weight excluding hydrogens is 170 g/mol. The molecule has 0 fully saturated rings. The highest BCUT2D eigenvalue weighted by atomic mass is 16.5. The van der Waals surface area contributed by atoms with Crippen LogP contribution in [0.4, 0.5) is 0 Å². The van der Waals surface area contributed by atoms with Gasteiger partial charge in [-0.05, 0) is 14.0 Å². The van der Waals surface area contributed by atoms with E-state index in [2.05, 4.69) is 15.3 Å². The van der Waals surface area contributed by atoms with E-state index in [-0.39, 0.29) is 5.56 Å². The number of aromatic nitrogens is 2. The first kappa shape index (κ1) is 9.73. The molecular formula is C8H13N3O2. The van der Waals surface area contributed by atoms with Gasteiger partial charge < -0.3 is 15.0 Å². The summed E-state index contributed by atoms with van der Waals surface area (Å²) in [7, 11) is 3.28. The minimum atomic E-state index is -0.155. The molecule has 0 saturated carbocycles. The third-order valence-corrected chi connectivity index (χ3v) is 1.69.